The molecule has 2 aromatic carbocycles. The molecule has 1 N–H and O–H groups in total. The van der Waals surface area contributed by atoms with Crippen molar-refractivity contribution in [2.45, 2.75) is 13.3 Å². The molecule has 1 amide bonds. The van der Waals surface area contributed by atoms with Crippen LogP contribution in [0.3, 0.4) is 0 Å². The van der Waals surface area contributed by atoms with Gasteiger partial charge in [0.25, 0.3) is 0 Å². The van der Waals surface area contributed by atoms with Crippen LogP contribution in [0.15, 0.2) is 41.8 Å². The minimum atomic E-state index is 0.0883. The van der Waals surface area contributed by atoms with Gasteiger partial charge < -0.3 is 19.7 Å². The van der Waals surface area contributed by atoms with E-state index in [1.54, 1.807) is 18.3 Å². The zero-order chi connectivity index (χ0) is 18.4. The van der Waals surface area contributed by atoms with Crippen molar-refractivity contribution in [1.82, 2.24) is 4.98 Å². The van der Waals surface area contributed by atoms with E-state index in [4.69, 9.17) is 14.5 Å². The molecule has 27 heavy (non-hydrogen) atoms. The lowest BCUT2D eigenvalue weighted by atomic mass is 10.1. The highest BCUT2D eigenvalue weighted by molar-refractivity contribution is 7.14. The van der Waals surface area contributed by atoms with E-state index in [-0.39, 0.29) is 12.7 Å². The molecule has 0 radical (unpaired) electrons. The van der Waals surface area contributed by atoms with Gasteiger partial charge in [-0.15, -0.1) is 11.3 Å². The first-order valence-electron chi connectivity index (χ1n) is 8.71. The second-order valence-electron chi connectivity index (χ2n) is 6.50. The van der Waals surface area contributed by atoms with Gasteiger partial charge >= 0.3 is 0 Å². The smallest absolute Gasteiger partial charge is 0.231 e. The Balaban J connectivity index is 1.37. The molecule has 3 heterocycles. The van der Waals surface area contributed by atoms with Gasteiger partial charge in [0.15, 0.2) is 16.6 Å². The van der Waals surface area contributed by atoms with Gasteiger partial charge in [-0.1, -0.05) is 6.07 Å². The largest absolute Gasteiger partial charge is 0.454 e. The molecule has 2 aliphatic heterocycles. The van der Waals surface area contributed by atoms with E-state index in [9.17, 15) is 4.79 Å². The number of hydrogen-bond donors (Lipinski definition) is 1. The van der Waals surface area contributed by atoms with E-state index in [1.165, 1.54) is 5.56 Å². The van der Waals surface area contributed by atoms with E-state index in [2.05, 4.69) is 11.4 Å². The molecule has 5 rings (SSSR count). The Labute approximate surface area is 160 Å². The second kappa shape index (κ2) is 6.28. The van der Waals surface area contributed by atoms with Crippen LogP contribution >= 0.6 is 11.3 Å². The van der Waals surface area contributed by atoms with Gasteiger partial charge in [-0.25, -0.2) is 4.98 Å². The average molecular weight is 379 g/mol. The van der Waals surface area contributed by atoms with Gasteiger partial charge in [0.1, 0.15) is 0 Å². The van der Waals surface area contributed by atoms with E-state index in [0.717, 1.165) is 52.2 Å². The molecule has 0 atom stereocenters. The predicted octanol–water partition coefficient (Wildman–Crippen LogP) is 4.19. The fraction of sp³-hybridized carbons (Fsp3) is 0.200. The zero-order valence-electron chi connectivity index (χ0n) is 14.7. The van der Waals surface area contributed by atoms with Crippen LogP contribution in [0.2, 0.25) is 0 Å². The number of aromatic nitrogens is 1. The second-order valence-corrected chi connectivity index (χ2v) is 7.35. The van der Waals surface area contributed by atoms with Crippen LogP contribution in [0.4, 0.5) is 16.5 Å². The number of ether oxygens (including phenoxy) is 2. The number of carbonyl (C=O) groups is 1. The third-order valence-corrected chi connectivity index (χ3v) is 5.54. The van der Waals surface area contributed by atoms with E-state index >= 15 is 0 Å². The molecule has 136 valence electrons. The summed E-state index contributed by atoms with van der Waals surface area (Å²) < 4.78 is 10.7. The summed E-state index contributed by atoms with van der Waals surface area (Å²) in [5.41, 5.74) is 5.11. The Morgan fingerprint density at radius 3 is 2.96 bits per heavy atom. The van der Waals surface area contributed by atoms with Crippen LogP contribution in [0, 0.1) is 0 Å². The number of rotatable bonds is 3. The Bertz CT molecular complexity index is 1050. The van der Waals surface area contributed by atoms with Crippen molar-refractivity contribution in [3.63, 3.8) is 0 Å². The molecule has 0 bridgehead atoms. The van der Waals surface area contributed by atoms with Crippen LogP contribution < -0.4 is 19.7 Å². The van der Waals surface area contributed by atoms with Crippen molar-refractivity contribution in [2.24, 2.45) is 0 Å². The van der Waals surface area contributed by atoms with Crippen molar-refractivity contribution >= 4 is 33.8 Å². The Hall–Kier alpha value is -3.06. The Morgan fingerprint density at radius 1 is 1.19 bits per heavy atom. The monoisotopic (exact) mass is 379 g/mol. The van der Waals surface area contributed by atoms with E-state index in [1.807, 2.05) is 40.6 Å². The first-order valence-corrected chi connectivity index (χ1v) is 9.59. The predicted molar refractivity (Wildman–Crippen MR) is 105 cm³/mol. The SMILES string of the molecule is CC(=O)N1CCc2cc(-c3csc(Nc4ccc5c(c4)OCO5)n3)ccc21. The normalized spacial score (nSPS) is 14.3. The summed E-state index contributed by atoms with van der Waals surface area (Å²) in [6, 6.07) is 11.9. The highest BCUT2D eigenvalue weighted by Gasteiger charge is 2.22. The summed E-state index contributed by atoms with van der Waals surface area (Å²) >= 11 is 1.55. The molecule has 7 heteroatoms. The van der Waals surface area contributed by atoms with Crippen LogP contribution in [0.1, 0.15) is 12.5 Å². The van der Waals surface area contributed by atoms with Crippen LogP contribution in [0.5, 0.6) is 11.5 Å². The first-order chi connectivity index (χ1) is 13.2. The fourth-order valence-electron chi connectivity index (χ4n) is 3.45. The zero-order valence-corrected chi connectivity index (χ0v) is 15.5. The van der Waals surface area contributed by atoms with Crippen molar-refractivity contribution in [2.75, 3.05) is 23.6 Å². The molecule has 0 unspecified atom stereocenters. The number of thiazole rings is 1. The summed E-state index contributed by atoms with van der Waals surface area (Å²) in [6.45, 7) is 2.62. The van der Waals surface area contributed by atoms with Crippen molar-refractivity contribution in [1.29, 1.82) is 0 Å². The highest BCUT2D eigenvalue weighted by atomic mass is 32.1. The maximum Gasteiger partial charge on any atom is 0.231 e. The third kappa shape index (κ3) is 2.90. The van der Waals surface area contributed by atoms with Crippen LogP contribution in [-0.2, 0) is 11.2 Å². The van der Waals surface area contributed by atoms with E-state index < -0.39 is 0 Å². The Kier molecular flexibility index (Phi) is 3.75. The summed E-state index contributed by atoms with van der Waals surface area (Å²) in [5.74, 6) is 1.59. The molecular formula is C20H17N3O3S. The van der Waals surface area contributed by atoms with Gasteiger partial charge in [0.05, 0.1) is 5.69 Å². The lowest BCUT2D eigenvalue weighted by Gasteiger charge is -2.14. The Morgan fingerprint density at radius 2 is 2.07 bits per heavy atom. The minimum absolute atomic E-state index is 0.0883. The summed E-state index contributed by atoms with van der Waals surface area (Å²) in [4.78, 5) is 18.2. The molecule has 2 aliphatic rings. The van der Waals surface area contributed by atoms with Gasteiger partial charge in [0.2, 0.25) is 12.7 Å². The molecule has 0 aliphatic carbocycles. The molecule has 1 aromatic heterocycles. The van der Waals surface area contributed by atoms with Gasteiger partial charge in [0, 0.05) is 41.9 Å². The molecule has 0 saturated heterocycles. The van der Waals surface area contributed by atoms with Crippen molar-refractivity contribution < 1.29 is 14.3 Å². The average Bonchev–Trinajstić information content (AvgIpc) is 3.39. The standard InChI is InChI=1S/C20H17N3O3S/c1-12(24)23-7-6-14-8-13(2-4-17(14)23)16-10-27-20(22-16)21-15-3-5-18-19(9-15)26-11-25-18/h2-5,8-10H,6-7,11H2,1H3,(H,21,22). The minimum Gasteiger partial charge on any atom is -0.454 e. The van der Waals surface area contributed by atoms with Gasteiger partial charge in [-0.2, -0.15) is 0 Å². The van der Waals surface area contributed by atoms with Crippen LogP contribution in [0.25, 0.3) is 11.3 Å². The lowest BCUT2D eigenvalue weighted by Crippen LogP contribution is -2.25. The molecule has 0 spiro atoms. The summed E-state index contributed by atoms with van der Waals surface area (Å²) in [6.07, 6.45) is 0.884. The number of benzene rings is 2. The first kappa shape index (κ1) is 16.1. The molecule has 0 fully saturated rings. The molecule has 3 aromatic rings. The topological polar surface area (TPSA) is 63.7 Å². The van der Waals surface area contributed by atoms with E-state index in [0.29, 0.717) is 0 Å². The van der Waals surface area contributed by atoms with Crippen LogP contribution in [-0.4, -0.2) is 24.2 Å². The number of anilines is 3. The fourth-order valence-corrected chi connectivity index (χ4v) is 4.19. The van der Waals surface area contributed by atoms with Crippen molar-refractivity contribution in [3.05, 3.63) is 47.3 Å². The number of nitrogens with one attached hydrogen (secondary N) is 1. The maximum atomic E-state index is 11.7. The number of amides is 1. The number of fused-ring (bicyclic) bond motifs is 2. The number of carbonyl (C=O) groups excluding carboxylic acids is 1. The molecule has 6 nitrogen and oxygen atoms in total. The summed E-state index contributed by atoms with van der Waals surface area (Å²) in [5, 5.41) is 6.17. The highest BCUT2D eigenvalue weighted by Crippen LogP contribution is 2.37. The van der Waals surface area contributed by atoms with Gasteiger partial charge in [-0.3, -0.25) is 4.79 Å². The lowest BCUT2D eigenvalue weighted by molar-refractivity contribution is -0.116. The third-order valence-electron chi connectivity index (χ3n) is 4.78. The van der Waals surface area contributed by atoms with Crippen molar-refractivity contribution in [3.8, 4) is 22.8 Å². The number of nitrogens with zero attached hydrogens (tertiary/aromatic N) is 2. The maximum absolute atomic E-state index is 11.7. The molecular weight excluding hydrogens is 362 g/mol. The number of hydrogen-bond acceptors (Lipinski definition) is 6. The van der Waals surface area contributed by atoms with Gasteiger partial charge in [-0.05, 0) is 36.2 Å². The molecule has 0 saturated carbocycles. The quantitative estimate of drug-likeness (QED) is 0.739. The summed E-state index contributed by atoms with van der Waals surface area (Å²) in [7, 11) is 0.